The monoisotopic (exact) mass is 409 g/mol. The van der Waals surface area contributed by atoms with Gasteiger partial charge in [-0.3, -0.25) is 4.79 Å². The van der Waals surface area contributed by atoms with Gasteiger partial charge in [0, 0.05) is 5.56 Å². The quantitative estimate of drug-likeness (QED) is 0.389. The highest BCUT2D eigenvalue weighted by atomic mass is 35.5. The molecule has 28 heavy (non-hydrogen) atoms. The smallest absolute Gasteiger partial charge is 0.260 e. The summed E-state index contributed by atoms with van der Waals surface area (Å²) in [5.41, 5.74) is 3.58. The lowest BCUT2D eigenvalue weighted by atomic mass is 9.99. The molecule has 0 spiro atoms. The minimum Gasteiger partial charge on any atom is -0.506 e. The fraction of sp³-hybridized carbons (Fsp3) is 0.174. The Labute approximate surface area is 172 Å². The summed E-state index contributed by atoms with van der Waals surface area (Å²) < 4.78 is 0.549. The Bertz CT molecular complexity index is 1180. The number of fused-ring (bicyclic) bond motifs is 1. The molecule has 0 aliphatic heterocycles. The summed E-state index contributed by atoms with van der Waals surface area (Å²) in [4.78, 5) is 16.1. The van der Waals surface area contributed by atoms with E-state index in [1.807, 2.05) is 42.5 Å². The normalized spacial score (nSPS) is 11.2. The van der Waals surface area contributed by atoms with Gasteiger partial charge in [-0.25, -0.2) is 0 Å². The molecule has 2 heterocycles. The van der Waals surface area contributed by atoms with Crippen LogP contribution in [0.5, 0.6) is 5.75 Å². The molecule has 4 rings (SSSR count). The van der Waals surface area contributed by atoms with E-state index < -0.39 is 0 Å². The van der Waals surface area contributed by atoms with Crippen LogP contribution in [0.25, 0.3) is 32.5 Å². The number of thiophene rings is 1. The van der Waals surface area contributed by atoms with Crippen LogP contribution >= 0.6 is 22.9 Å². The maximum absolute atomic E-state index is 12.6. The van der Waals surface area contributed by atoms with Crippen molar-refractivity contribution in [2.45, 2.75) is 26.2 Å². The Hall–Kier alpha value is -2.56. The Balaban J connectivity index is 1.90. The maximum atomic E-state index is 12.6. The fourth-order valence-electron chi connectivity index (χ4n) is 3.47. The molecule has 0 aliphatic carbocycles. The van der Waals surface area contributed by atoms with E-state index in [1.54, 1.807) is 0 Å². The molecule has 0 amide bonds. The molecule has 142 valence electrons. The number of H-pyrrole nitrogens is 1. The Morgan fingerprint density at radius 1 is 1.00 bits per heavy atom. The molecule has 0 fully saturated rings. The number of aromatic amines is 1. The molecule has 0 aliphatic rings. The van der Waals surface area contributed by atoms with Crippen molar-refractivity contribution in [1.82, 2.24) is 4.98 Å². The lowest BCUT2D eigenvalue weighted by molar-refractivity contribution is 0.483. The number of pyridine rings is 1. The topological polar surface area (TPSA) is 53.1 Å². The summed E-state index contributed by atoms with van der Waals surface area (Å²) in [6, 6.07) is 17.5. The Morgan fingerprint density at radius 3 is 2.36 bits per heavy atom. The first-order chi connectivity index (χ1) is 13.6. The largest absolute Gasteiger partial charge is 0.506 e. The van der Waals surface area contributed by atoms with E-state index in [0.717, 1.165) is 30.4 Å². The van der Waals surface area contributed by atoms with E-state index in [2.05, 4.69) is 24.0 Å². The van der Waals surface area contributed by atoms with Gasteiger partial charge in [-0.05, 0) is 29.5 Å². The number of aryl methyl sites for hydroxylation is 1. The van der Waals surface area contributed by atoms with Crippen molar-refractivity contribution in [2.24, 2.45) is 0 Å². The average molecular weight is 410 g/mol. The summed E-state index contributed by atoms with van der Waals surface area (Å²) in [5, 5.41) is 11.6. The van der Waals surface area contributed by atoms with Gasteiger partial charge in [0.15, 0.2) is 0 Å². The molecular formula is C23H20ClNO2S. The van der Waals surface area contributed by atoms with Crippen LogP contribution in [0.1, 0.15) is 25.3 Å². The zero-order valence-corrected chi connectivity index (χ0v) is 17.0. The zero-order chi connectivity index (χ0) is 19.7. The van der Waals surface area contributed by atoms with Crippen molar-refractivity contribution in [1.29, 1.82) is 0 Å². The number of halogens is 1. The van der Waals surface area contributed by atoms with Gasteiger partial charge >= 0.3 is 0 Å². The van der Waals surface area contributed by atoms with E-state index >= 15 is 0 Å². The maximum Gasteiger partial charge on any atom is 0.260 e. The van der Waals surface area contributed by atoms with Gasteiger partial charge in [-0.1, -0.05) is 79.5 Å². The third-order valence-electron chi connectivity index (χ3n) is 4.92. The molecular weight excluding hydrogens is 390 g/mol. The lowest BCUT2D eigenvalue weighted by Gasteiger charge is -2.08. The summed E-state index contributed by atoms with van der Waals surface area (Å²) in [6.07, 6.45) is 3.36. The van der Waals surface area contributed by atoms with E-state index in [4.69, 9.17) is 11.6 Å². The molecule has 4 aromatic rings. The van der Waals surface area contributed by atoms with Gasteiger partial charge < -0.3 is 10.1 Å². The molecule has 0 radical (unpaired) electrons. The third kappa shape index (κ3) is 3.34. The summed E-state index contributed by atoms with van der Waals surface area (Å²) in [7, 11) is 0. The van der Waals surface area contributed by atoms with Gasteiger partial charge in [0.05, 0.1) is 10.9 Å². The van der Waals surface area contributed by atoms with Crippen LogP contribution in [0.2, 0.25) is 4.34 Å². The van der Waals surface area contributed by atoms with Crippen LogP contribution in [0, 0.1) is 0 Å². The van der Waals surface area contributed by atoms with Crippen LogP contribution in [-0.2, 0) is 6.42 Å². The number of hydrogen-bond acceptors (Lipinski definition) is 3. The van der Waals surface area contributed by atoms with Gasteiger partial charge in [0.1, 0.15) is 14.9 Å². The van der Waals surface area contributed by atoms with Crippen molar-refractivity contribution in [2.75, 3.05) is 0 Å². The molecule has 0 unspecified atom stereocenters. The lowest BCUT2D eigenvalue weighted by Crippen LogP contribution is -2.08. The number of aromatic hydroxyl groups is 1. The molecule has 0 saturated carbocycles. The van der Waals surface area contributed by atoms with Crippen LogP contribution < -0.4 is 5.56 Å². The predicted molar refractivity (Wildman–Crippen MR) is 119 cm³/mol. The highest BCUT2D eigenvalue weighted by Gasteiger charge is 2.21. The van der Waals surface area contributed by atoms with Gasteiger partial charge in [0.2, 0.25) is 0 Å². The standard InChI is InChI=1S/C23H20ClNO2S/c1-2-3-7-14-10-12-16(13-11-14)17-19-20(26)18(15-8-5-4-6-9-15)22(27)25-23(19)28-21(17)24/h4-6,8-13H,2-3,7H2,1H3,(H2,25,26,27). The van der Waals surface area contributed by atoms with Gasteiger partial charge in [-0.2, -0.15) is 0 Å². The molecule has 2 aromatic heterocycles. The SMILES string of the molecule is CCCCc1ccc(-c2c(Cl)sc3[nH]c(=O)c(-c4ccccc4)c(O)c23)cc1. The minimum absolute atomic E-state index is 0.0295. The average Bonchev–Trinajstić information content (AvgIpc) is 3.03. The van der Waals surface area contributed by atoms with Crippen molar-refractivity contribution in [3.8, 4) is 28.0 Å². The Kier molecular flexibility index (Phi) is 5.25. The fourth-order valence-corrected chi connectivity index (χ4v) is 4.85. The summed E-state index contributed by atoms with van der Waals surface area (Å²) >= 11 is 7.81. The van der Waals surface area contributed by atoms with Crippen LogP contribution in [0.4, 0.5) is 0 Å². The third-order valence-corrected chi connectivity index (χ3v) is 6.23. The van der Waals surface area contributed by atoms with Crippen molar-refractivity contribution in [3.63, 3.8) is 0 Å². The van der Waals surface area contributed by atoms with Crippen molar-refractivity contribution >= 4 is 33.2 Å². The molecule has 0 atom stereocenters. The highest BCUT2D eigenvalue weighted by molar-refractivity contribution is 7.23. The molecule has 5 heteroatoms. The molecule has 2 aromatic carbocycles. The second-order valence-corrected chi connectivity index (χ2v) is 8.42. The van der Waals surface area contributed by atoms with E-state index in [0.29, 0.717) is 20.1 Å². The summed E-state index contributed by atoms with van der Waals surface area (Å²) in [6.45, 7) is 2.18. The predicted octanol–water partition coefficient (Wildman–Crippen LogP) is 6.63. The van der Waals surface area contributed by atoms with E-state index in [-0.39, 0.29) is 16.9 Å². The van der Waals surface area contributed by atoms with E-state index in [1.165, 1.54) is 16.9 Å². The van der Waals surface area contributed by atoms with Crippen LogP contribution in [-0.4, -0.2) is 10.1 Å². The van der Waals surface area contributed by atoms with Crippen LogP contribution in [0.3, 0.4) is 0 Å². The van der Waals surface area contributed by atoms with Crippen molar-refractivity contribution in [3.05, 3.63) is 74.9 Å². The Morgan fingerprint density at radius 2 is 1.68 bits per heavy atom. The first-order valence-electron chi connectivity index (χ1n) is 9.32. The zero-order valence-electron chi connectivity index (χ0n) is 15.5. The van der Waals surface area contributed by atoms with Crippen LogP contribution in [0.15, 0.2) is 59.4 Å². The molecule has 0 saturated heterocycles. The number of rotatable bonds is 5. The second-order valence-electron chi connectivity index (χ2n) is 6.80. The van der Waals surface area contributed by atoms with Gasteiger partial charge in [0.25, 0.3) is 5.56 Å². The number of unbranched alkanes of at least 4 members (excludes halogenated alkanes) is 1. The van der Waals surface area contributed by atoms with Crippen molar-refractivity contribution < 1.29 is 5.11 Å². The first kappa shape index (κ1) is 18.8. The van der Waals surface area contributed by atoms with E-state index in [9.17, 15) is 9.90 Å². The first-order valence-corrected chi connectivity index (χ1v) is 10.5. The second kappa shape index (κ2) is 7.82. The summed E-state index contributed by atoms with van der Waals surface area (Å²) in [5.74, 6) is -0.0295. The number of benzene rings is 2. The molecule has 2 N–H and O–H groups in total. The number of aromatic nitrogens is 1. The highest BCUT2D eigenvalue weighted by Crippen LogP contribution is 2.46. The van der Waals surface area contributed by atoms with Gasteiger partial charge in [-0.15, -0.1) is 11.3 Å². The number of hydrogen-bond donors (Lipinski definition) is 2. The minimum atomic E-state index is -0.324. The number of nitrogens with one attached hydrogen (secondary N) is 1. The molecule has 0 bridgehead atoms. The molecule has 3 nitrogen and oxygen atoms in total.